The summed E-state index contributed by atoms with van der Waals surface area (Å²) in [7, 11) is 0. The number of amides is 3. The monoisotopic (exact) mass is 591 g/mol. The molecule has 0 aromatic heterocycles. The summed E-state index contributed by atoms with van der Waals surface area (Å²) >= 11 is 6.74. The summed E-state index contributed by atoms with van der Waals surface area (Å²) in [4.78, 5) is 52.4. The summed E-state index contributed by atoms with van der Waals surface area (Å²) in [5.74, 6) is -1.22. The molecule has 2 unspecified atom stereocenters. The molecule has 42 heavy (non-hydrogen) atoms. The largest absolute Gasteiger partial charge is 0.456 e. The molecule has 220 valence electrons. The lowest BCUT2D eigenvalue weighted by Gasteiger charge is -2.27. The van der Waals surface area contributed by atoms with Crippen molar-refractivity contribution in [3.05, 3.63) is 95.1 Å². The third-order valence-electron chi connectivity index (χ3n) is 6.54. The molecule has 1 aliphatic rings. The summed E-state index contributed by atoms with van der Waals surface area (Å²) in [6.45, 7) is 6.67. The van der Waals surface area contributed by atoms with Crippen LogP contribution in [0.25, 0.3) is 0 Å². The van der Waals surface area contributed by atoms with Gasteiger partial charge in [-0.1, -0.05) is 48.0 Å². The van der Waals surface area contributed by atoms with Crippen molar-refractivity contribution in [2.45, 2.75) is 57.7 Å². The van der Waals surface area contributed by atoms with Crippen LogP contribution in [0, 0.1) is 6.92 Å². The van der Waals surface area contributed by atoms with Gasteiger partial charge < -0.3 is 20.1 Å². The van der Waals surface area contributed by atoms with E-state index < -0.39 is 29.3 Å². The van der Waals surface area contributed by atoms with Crippen LogP contribution in [0.4, 0.5) is 16.2 Å². The molecule has 9 nitrogen and oxygen atoms in total. The van der Waals surface area contributed by atoms with E-state index in [1.54, 1.807) is 81.4 Å². The molecule has 2 N–H and O–H groups in total. The lowest BCUT2D eigenvalue weighted by molar-refractivity contribution is -0.148. The fraction of sp³-hybridized carbons (Fsp3) is 0.312. The third-order valence-corrected chi connectivity index (χ3v) is 6.95. The van der Waals surface area contributed by atoms with Crippen molar-refractivity contribution >= 4 is 46.9 Å². The smallest absolute Gasteiger partial charge is 0.408 e. The number of alkyl halides is 1. The molecule has 1 aliphatic heterocycles. The molecule has 10 heteroatoms. The van der Waals surface area contributed by atoms with Crippen LogP contribution in [0.1, 0.15) is 71.6 Å². The first-order valence-electron chi connectivity index (χ1n) is 13.6. The van der Waals surface area contributed by atoms with Gasteiger partial charge in [0, 0.05) is 22.4 Å². The van der Waals surface area contributed by atoms with Gasteiger partial charge in [0.2, 0.25) is 0 Å². The second kappa shape index (κ2) is 13.1. The molecule has 0 bridgehead atoms. The van der Waals surface area contributed by atoms with E-state index in [4.69, 9.17) is 21.1 Å². The van der Waals surface area contributed by atoms with Crippen LogP contribution in [-0.2, 0) is 14.3 Å². The Morgan fingerprint density at radius 3 is 2.29 bits per heavy atom. The van der Waals surface area contributed by atoms with Gasteiger partial charge in [0.05, 0.1) is 5.69 Å². The van der Waals surface area contributed by atoms with E-state index in [9.17, 15) is 19.2 Å². The van der Waals surface area contributed by atoms with Crippen molar-refractivity contribution in [1.29, 1.82) is 0 Å². The highest BCUT2D eigenvalue weighted by Crippen LogP contribution is 2.39. The third kappa shape index (κ3) is 7.67. The zero-order chi connectivity index (χ0) is 30.4. The number of benzene rings is 3. The number of carbonyl (C=O) groups is 4. The van der Waals surface area contributed by atoms with E-state index >= 15 is 0 Å². The fourth-order valence-electron chi connectivity index (χ4n) is 4.58. The molecule has 0 saturated heterocycles. The molecule has 0 spiro atoms. The van der Waals surface area contributed by atoms with Crippen LogP contribution in [-0.4, -0.2) is 41.5 Å². The topological polar surface area (TPSA) is 114 Å². The van der Waals surface area contributed by atoms with Crippen LogP contribution >= 0.6 is 11.6 Å². The number of esters is 1. The lowest BCUT2D eigenvalue weighted by Crippen LogP contribution is -2.37. The predicted molar refractivity (Wildman–Crippen MR) is 161 cm³/mol. The number of alkyl carbamates (subject to hydrolysis) is 1. The Balaban J connectivity index is 1.47. The van der Waals surface area contributed by atoms with Crippen LogP contribution in [0.5, 0.6) is 0 Å². The normalized spacial score (nSPS) is 16.5. The number of carbonyl (C=O) groups excluding carboxylic acids is 4. The van der Waals surface area contributed by atoms with E-state index in [1.165, 1.54) is 4.90 Å². The molecule has 0 radical (unpaired) electrons. The number of ether oxygens (including phenoxy) is 2. The molecule has 3 aromatic carbocycles. The van der Waals surface area contributed by atoms with E-state index in [2.05, 4.69) is 10.6 Å². The van der Waals surface area contributed by atoms with Gasteiger partial charge in [-0.25, -0.2) is 4.79 Å². The minimum atomic E-state index is -0.723. The van der Waals surface area contributed by atoms with Gasteiger partial charge in [-0.2, -0.15) is 0 Å². The molecule has 3 aromatic rings. The Morgan fingerprint density at radius 2 is 1.60 bits per heavy atom. The standard InChI is InChI=1S/C32H34ClN3O6/c1-20-9-5-6-10-23(20)29(38)35-22-15-13-21(14-16-22)30(39)36-25-12-8-7-11-24(25)26(17-18-27(36)33)41-28(37)19-34-31(40)42-32(2,3)4/h5-16,26-27H,17-19H2,1-4H3,(H,34,40)(H,35,38). The number of nitrogens with one attached hydrogen (secondary N) is 2. The van der Waals surface area contributed by atoms with Crippen LogP contribution in [0.3, 0.4) is 0 Å². The average Bonchev–Trinajstić information content (AvgIpc) is 3.07. The fourth-order valence-corrected chi connectivity index (χ4v) is 4.90. The molecule has 0 fully saturated rings. The van der Waals surface area contributed by atoms with Crippen molar-refractivity contribution in [3.8, 4) is 0 Å². The molecule has 2 atom stereocenters. The van der Waals surface area contributed by atoms with Gasteiger partial charge in [0.25, 0.3) is 11.8 Å². The van der Waals surface area contributed by atoms with Gasteiger partial charge in [-0.15, -0.1) is 0 Å². The molecular formula is C32H34ClN3O6. The number of rotatable bonds is 6. The number of para-hydroxylation sites is 1. The van der Waals surface area contributed by atoms with E-state index in [1.807, 2.05) is 19.1 Å². The quantitative estimate of drug-likeness (QED) is 0.196. The zero-order valence-electron chi connectivity index (χ0n) is 24.0. The second-order valence-corrected chi connectivity index (χ2v) is 11.4. The Bertz CT molecular complexity index is 1470. The van der Waals surface area contributed by atoms with E-state index in [0.29, 0.717) is 40.9 Å². The highest BCUT2D eigenvalue weighted by molar-refractivity contribution is 6.26. The maximum absolute atomic E-state index is 13.7. The molecule has 0 aliphatic carbocycles. The van der Waals surface area contributed by atoms with Crippen molar-refractivity contribution in [3.63, 3.8) is 0 Å². The maximum atomic E-state index is 13.7. The van der Waals surface area contributed by atoms with Crippen LogP contribution in [0.15, 0.2) is 72.8 Å². The van der Waals surface area contributed by atoms with Crippen molar-refractivity contribution in [2.75, 3.05) is 16.8 Å². The molecule has 3 amide bonds. The number of anilines is 2. The molecule has 1 heterocycles. The lowest BCUT2D eigenvalue weighted by atomic mass is 10.0. The van der Waals surface area contributed by atoms with E-state index in [-0.39, 0.29) is 18.4 Å². The van der Waals surface area contributed by atoms with Gasteiger partial charge in [0.15, 0.2) is 0 Å². The maximum Gasteiger partial charge on any atom is 0.408 e. The number of hydrogen-bond acceptors (Lipinski definition) is 6. The second-order valence-electron chi connectivity index (χ2n) is 10.9. The number of nitrogens with zero attached hydrogens (tertiary/aromatic N) is 1. The number of halogens is 1. The number of fused-ring (bicyclic) bond motifs is 1. The number of hydrogen-bond donors (Lipinski definition) is 2. The average molecular weight is 592 g/mol. The van der Waals surface area contributed by atoms with Gasteiger partial charge in [-0.05, 0) is 82.5 Å². The van der Waals surface area contributed by atoms with Crippen molar-refractivity contribution in [2.24, 2.45) is 0 Å². The van der Waals surface area contributed by atoms with Crippen LogP contribution in [0.2, 0.25) is 0 Å². The SMILES string of the molecule is Cc1ccccc1C(=O)Nc1ccc(C(=O)N2c3ccccc3C(OC(=O)CNC(=O)OC(C)(C)C)CCC2Cl)cc1. The molecular weight excluding hydrogens is 558 g/mol. The Labute approximate surface area is 250 Å². The van der Waals surface area contributed by atoms with Crippen molar-refractivity contribution < 1.29 is 28.7 Å². The first-order chi connectivity index (χ1) is 19.9. The Kier molecular flexibility index (Phi) is 9.52. The molecule has 0 saturated carbocycles. The summed E-state index contributed by atoms with van der Waals surface area (Å²) in [6.07, 6.45) is -0.674. The van der Waals surface area contributed by atoms with Crippen molar-refractivity contribution in [1.82, 2.24) is 5.32 Å². The molecule has 4 rings (SSSR count). The minimum Gasteiger partial charge on any atom is -0.456 e. The number of aryl methyl sites for hydroxylation is 1. The highest BCUT2D eigenvalue weighted by atomic mass is 35.5. The minimum absolute atomic E-state index is 0.240. The summed E-state index contributed by atoms with van der Waals surface area (Å²) in [5, 5.41) is 5.26. The first-order valence-corrected chi connectivity index (χ1v) is 14.1. The summed E-state index contributed by atoms with van der Waals surface area (Å²) in [6, 6.07) is 21.0. The van der Waals surface area contributed by atoms with Crippen LogP contribution < -0.4 is 15.5 Å². The van der Waals surface area contributed by atoms with Gasteiger partial charge in [0.1, 0.15) is 23.8 Å². The predicted octanol–water partition coefficient (Wildman–Crippen LogP) is 6.36. The van der Waals surface area contributed by atoms with Gasteiger partial charge in [-0.3, -0.25) is 19.3 Å². The summed E-state index contributed by atoms with van der Waals surface area (Å²) < 4.78 is 10.9. The first kappa shape index (κ1) is 30.6. The zero-order valence-corrected chi connectivity index (χ0v) is 24.7. The Hall–Kier alpha value is -4.37. The Morgan fingerprint density at radius 1 is 0.929 bits per heavy atom. The van der Waals surface area contributed by atoms with Gasteiger partial charge >= 0.3 is 12.1 Å². The van der Waals surface area contributed by atoms with E-state index in [0.717, 1.165) is 5.56 Å². The summed E-state index contributed by atoms with van der Waals surface area (Å²) in [5.41, 5.74) is 2.10. The highest BCUT2D eigenvalue weighted by Gasteiger charge is 2.34.